The van der Waals surface area contributed by atoms with E-state index in [1.807, 2.05) is 0 Å². The molecule has 0 saturated heterocycles. The van der Waals surface area contributed by atoms with Gasteiger partial charge in [-0.1, -0.05) is 13.8 Å². The van der Waals surface area contributed by atoms with Crippen molar-refractivity contribution in [1.82, 2.24) is 4.90 Å². The summed E-state index contributed by atoms with van der Waals surface area (Å²) in [5.41, 5.74) is 5.92. The second-order valence-electron chi connectivity index (χ2n) is 7.17. The zero-order chi connectivity index (χ0) is 13.0. The highest BCUT2D eigenvalue weighted by atomic mass is 15.1. The fourth-order valence-corrected chi connectivity index (χ4v) is 2.95. The Labute approximate surface area is 113 Å². The molecule has 2 N–H and O–H groups in total. The molecule has 0 amide bonds. The molecule has 0 radical (unpaired) electrons. The molecule has 1 unspecified atom stereocenters. The minimum Gasteiger partial charge on any atom is -0.330 e. The highest BCUT2D eigenvalue weighted by Gasteiger charge is 2.29. The van der Waals surface area contributed by atoms with Gasteiger partial charge in [0.15, 0.2) is 0 Å². The van der Waals surface area contributed by atoms with Gasteiger partial charge in [0.25, 0.3) is 0 Å². The minimum absolute atomic E-state index is 0.742. The molecular formula is C16H32N2. The molecule has 18 heavy (non-hydrogen) atoms. The molecule has 2 rings (SSSR count). The summed E-state index contributed by atoms with van der Waals surface area (Å²) in [7, 11) is 0. The fraction of sp³-hybridized carbons (Fsp3) is 1.00. The molecule has 0 aliphatic heterocycles. The number of nitrogens with two attached hydrogens (primary N) is 1. The predicted molar refractivity (Wildman–Crippen MR) is 78.5 cm³/mol. The third kappa shape index (κ3) is 5.71. The van der Waals surface area contributed by atoms with Gasteiger partial charge >= 0.3 is 0 Å². The summed E-state index contributed by atoms with van der Waals surface area (Å²) < 4.78 is 0. The van der Waals surface area contributed by atoms with Gasteiger partial charge in [0.05, 0.1) is 0 Å². The zero-order valence-corrected chi connectivity index (χ0v) is 12.4. The van der Waals surface area contributed by atoms with Crippen LogP contribution >= 0.6 is 0 Å². The van der Waals surface area contributed by atoms with E-state index in [2.05, 4.69) is 18.7 Å². The Bertz CT molecular complexity index is 217. The predicted octanol–water partition coefficient (Wildman–Crippen LogP) is 3.12. The van der Waals surface area contributed by atoms with Crippen LogP contribution in [0.3, 0.4) is 0 Å². The normalized spacial score (nSPS) is 21.8. The standard InChI is InChI=1S/C16H32N2/c1-13(2)9-16(10-17)7-8-18(11-14-3-4-14)12-15-5-6-15/h13-16H,3-12,17H2,1-2H3. The molecule has 0 aromatic carbocycles. The van der Waals surface area contributed by atoms with E-state index in [4.69, 9.17) is 5.73 Å². The van der Waals surface area contributed by atoms with E-state index in [0.717, 1.165) is 30.2 Å². The van der Waals surface area contributed by atoms with Crippen LogP contribution in [0.4, 0.5) is 0 Å². The molecule has 2 saturated carbocycles. The summed E-state index contributed by atoms with van der Waals surface area (Å²) in [6, 6.07) is 0. The smallest absolute Gasteiger partial charge is 0.000978 e. The van der Waals surface area contributed by atoms with Gasteiger partial charge in [-0.15, -0.1) is 0 Å². The van der Waals surface area contributed by atoms with Crippen LogP contribution in [0.1, 0.15) is 52.4 Å². The van der Waals surface area contributed by atoms with Crippen LogP contribution in [0.5, 0.6) is 0 Å². The van der Waals surface area contributed by atoms with Gasteiger partial charge in [0.1, 0.15) is 0 Å². The van der Waals surface area contributed by atoms with Crippen molar-refractivity contribution in [3.8, 4) is 0 Å². The van der Waals surface area contributed by atoms with Crippen LogP contribution in [-0.4, -0.2) is 31.1 Å². The molecule has 1 atom stereocenters. The third-order valence-electron chi connectivity index (χ3n) is 4.42. The lowest BCUT2D eigenvalue weighted by Gasteiger charge is -2.25. The van der Waals surface area contributed by atoms with Crippen LogP contribution in [0, 0.1) is 23.7 Å². The molecule has 2 aliphatic carbocycles. The number of nitrogens with zero attached hydrogens (tertiary/aromatic N) is 1. The maximum atomic E-state index is 5.92. The highest BCUT2D eigenvalue weighted by Crippen LogP contribution is 2.34. The fourth-order valence-electron chi connectivity index (χ4n) is 2.95. The molecule has 0 heterocycles. The van der Waals surface area contributed by atoms with Gasteiger partial charge in [0.2, 0.25) is 0 Å². The molecule has 0 bridgehead atoms. The first kappa shape index (κ1) is 14.3. The number of hydrogen-bond acceptors (Lipinski definition) is 2. The maximum Gasteiger partial charge on any atom is 0.000978 e. The van der Waals surface area contributed by atoms with Crippen molar-refractivity contribution < 1.29 is 0 Å². The van der Waals surface area contributed by atoms with Gasteiger partial charge in [-0.05, 0) is 75.3 Å². The lowest BCUT2D eigenvalue weighted by Crippen LogP contribution is -2.32. The lowest BCUT2D eigenvalue weighted by atomic mass is 9.94. The molecule has 2 fully saturated rings. The molecule has 0 spiro atoms. The Morgan fingerprint density at radius 1 is 1.06 bits per heavy atom. The summed E-state index contributed by atoms with van der Waals surface area (Å²) in [6.45, 7) is 9.54. The SMILES string of the molecule is CC(C)CC(CN)CCN(CC1CC1)CC1CC1. The van der Waals surface area contributed by atoms with Gasteiger partial charge in [0, 0.05) is 13.1 Å². The first-order valence-electron chi connectivity index (χ1n) is 8.09. The summed E-state index contributed by atoms with van der Waals surface area (Å²) in [5.74, 6) is 3.60. The average molecular weight is 252 g/mol. The van der Waals surface area contributed by atoms with E-state index in [9.17, 15) is 0 Å². The second kappa shape index (κ2) is 6.91. The largest absolute Gasteiger partial charge is 0.330 e. The first-order valence-corrected chi connectivity index (χ1v) is 8.09. The summed E-state index contributed by atoms with van der Waals surface area (Å²) in [5, 5.41) is 0. The van der Waals surface area contributed by atoms with E-state index in [-0.39, 0.29) is 0 Å². The summed E-state index contributed by atoms with van der Waals surface area (Å²) >= 11 is 0. The molecule has 0 aromatic rings. The average Bonchev–Trinajstić information content (AvgIpc) is 3.18. The van der Waals surface area contributed by atoms with Crippen LogP contribution < -0.4 is 5.73 Å². The van der Waals surface area contributed by atoms with Gasteiger partial charge in [-0.2, -0.15) is 0 Å². The monoisotopic (exact) mass is 252 g/mol. The van der Waals surface area contributed by atoms with Crippen LogP contribution in [0.2, 0.25) is 0 Å². The van der Waals surface area contributed by atoms with Crippen LogP contribution in [0.25, 0.3) is 0 Å². The molecule has 0 aromatic heterocycles. The molecule has 106 valence electrons. The summed E-state index contributed by atoms with van der Waals surface area (Å²) in [6.07, 6.45) is 8.53. The molecule has 2 aliphatic rings. The topological polar surface area (TPSA) is 29.3 Å². The lowest BCUT2D eigenvalue weighted by molar-refractivity contribution is 0.226. The first-order chi connectivity index (χ1) is 8.67. The molecule has 2 nitrogen and oxygen atoms in total. The molecule has 2 heteroatoms. The van der Waals surface area contributed by atoms with E-state index >= 15 is 0 Å². The highest BCUT2D eigenvalue weighted by molar-refractivity contribution is 4.82. The van der Waals surface area contributed by atoms with Crippen molar-refractivity contribution in [2.45, 2.75) is 52.4 Å². The maximum absolute atomic E-state index is 5.92. The zero-order valence-electron chi connectivity index (χ0n) is 12.4. The number of rotatable bonds is 10. The van der Waals surface area contributed by atoms with Crippen molar-refractivity contribution in [3.05, 3.63) is 0 Å². The quantitative estimate of drug-likeness (QED) is 0.647. The van der Waals surface area contributed by atoms with Gasteiger partial charge in [-0.25, -0.2) is 0 Å². The minimum atomic E-state index is 0.742. The van der Waals surface area contributed by atoms with Crippen LogP contribution in [-0.2, 0) is 0 Å². The van der Waals surface area contributed by atoms with Crippen molar-refractivity contribution in [3.63, 3.8) is 0 Å². The third-order valence-corrected chi connectivity index (χ3v) is 4.42. The Hall–Kier alpha value is -0.0800. The van der Waals surface area contributed by atoms with Crippen molar-refractivity contribution in [2.75, 3.05) is 26.2 Å². The summed E-state index contributed by atoms with van der Waals surface area (Å²) in [4.78, 5) is 2.75. The Balaban J connectivity index is 1.68. The van der Waals surface area contributed by atoms with Gasteiger partial charge in [-0.3, -0.25) is 0 Å². The van der Waals surface area contributed by atoms with E-state index in [1.165, 1.54) is 58.2 Å². The van der Waals surface area contributed by atoms with Crippen molar-refractivity contribution in [2.24, 2.45) is 29.4 Å². The van der Waals surface area contributed by atoms with Crippen molar-refractivity contribution in [1.29, 1.82) is 0 Å². The number of hydrogen-bond donors (Lipinski definition) is 1. The van der Waals surface area contributed by atoms with Crippen molar-refractivity contribution >= 4 is 0 Å². The molecular weight excluding hydrogens is 220 g/mol. The van der Waals surface area contributed by atoms with Crippen LogP contribution in [0.15, 0.2) is 0 Å². The van der Waals surface area contributed by atoms with E-state index in [1.54, 1.807) is 0 Å². The van der Waals surface area contributed by atoms with E-state index in [0.29, 0.717) is 0 Å². The second-order valence-corrected chi connectivity index (χ2v) is 7.17. The Kier molecular flexibility index (Phi) is 5.50. The Morgan fingerprint density at radius 3 is 2.00 bits per heavy atom. The van der Waals surface area contributed by atoms with E-state index < -0.39 is 0 Å². The van der Waals surface area contributed by atoms with Gasteiger partial charge < -0.3 is 10.6 Å². The Morgan fingerprint density at radius 2 is 1.61 bits per heavy atom.